The van der Waals surface area contributed by atoms with Crippen LogP contribution in [0.5, 0.6) is 0 Å². The highest BCUT2D eigenvalue weighted by molar-refractivity contribution is 4.88. The molecule has 0 bridgehead atoms. The Balaban J connectivity index is 2.62. The van der Waals surface area contributed by atoms with Crippen LogP contribution < -0.4 is 5.32 Å². The molecule has 1 rings (SSSR count). The molecule has 0 amide bonds. The van der Waals surface area contributed by atoms with Gasteiger partial charge in [-0.2, -0.15) is 0 Å². The first-order valence-corrected chi connectivity index (χ1v) is 7.08. The lowest BCUT2D eigenvalue weighted by Gasteiger charge is -2.42. The predicted octanol–water partition coefficient (Wildman–Crippen LogP) is 1.10. The average Bonchev–Trinajstić information content (AvgIpc) is 2.28. The molecule has 18 heavy (non-hydrogen) atoms. The molecule has 1 saturated heterocycles. The molecule has 4 heteroatoms. The predicted molar refractivity (Wildman–Crippen MR) is 74.8 cm³/mol. The number of ether oxygens (including phenoxy) is 1. The summed E-state index contributed by atoms with van der Waals surface area (Å²) in [6, 6.07) is 0. The highest BCUT2D eigenvalue weighted by Gasteiger charge is 2.34. The van der Waals surface area contributed by atoms with Gasteiger partial charge in [-0.05, 0) is 45.7 Å². The van der Waals surface area contributed by atoms with Gasteiger partial charge in [-0.15, -0.1) is 0 Å². The van der Waals surface area contributed by atoms with Crippen molar-refractivity contribution in [3.05, 3.63) is 0 Å². The minimum atomic E-state index is -0.623. The third-order valence-electron chi connectivity index (χ3n) is 3.72. The van der Waals surface area contributed by atoms with E-state index in [1.165, 1.54) is 0 Å². The Labute approximate surface area is 112 Å². The van der Waals surface area contributed by atoms with Crippen molar-refractivity contribution in [2.24, 2.45) is 5.41 Å². The topological polar surface area (TPSA) is 44.7 Å². The summed E-state index contributed by atoms with van der Waals surface area (Å²) >= 11 is 0. The van der Waals surface area contributed by atoms with Crippen molar-refractivity contribution in [1.29, 1.82) is 0 Å². The van der Waals surface area contributed by atoms with Gasteiger partial charge in [-0.25, -0.2) is 0 Å². The van der Waals surface area contributed by atoms with E-state index in [-0.39, 0.29) is 0 Å². The SMILES string of the molecule is CCN(CC(C)(C)O)CC1(CNC)CCOCC1. The summed E-state index contributed by atoms with van der Waals surface area (Å²) in [5, 5.41) is 13.3. The van der Waals surface area contributed by atoms with Gasteiger partial charge in [-0.3, -0.25) is 0 Å². The number of nitrogens with one attached hydrogen (secondary N) is 1. The highest BCUT2D eigenvalue weighted by Crippen LogP contribution is 2.31. The molecule has 108 valence electrons. The monoisotopic (exact) mass is 258 g/mol. The van der Waals surface area contributed by atoms with Crippen molar-refractivity contribution >= 4 is 0 Å². The number of rotatable bonds is 7. The van der Waals surface area contributed by atoms with Crippen LogP contribution in [0.25, 0.3) is 0 Å². The molecule has 1 fully saturated rings. The molecule has 0 aromatic carbocycles. The number of nitrogens with zero attached hydrogens (tertiary/aromatic N) is 1. The first-order chi connectivity index (χ1) is 8.41. The largest absolute Gasteiger partial charge is 0.389 e. The zero-order valence-electron chi connectivity index (χ0n) is 12.5. The smallest absolute Gasteiger partial charge is 0.0718 e. The van der Waals surface area contributed by atoms with Gasteiger partial charge >= 0.3 is 0 Å². The van der Waals surface area contributed by atoms with Crippen LogP contribution >= 0.6 is 0 Å². The lowest BCUT2D eigenvalue weighted by molar-refractivity contribution is -0.0219. The summed E-state index contributed by atoms with van der Waals surface area (Å²) in [5.74, 6) is 0. The molecule has 1 heterocycles. The van der Waals surface area contributed by atoms with E-state index in [2.05, 4.69) is 17.1 Å². The van der Waals surface area contributed by atoms with E-state index in [4.69, 9.17) is 4.74 Å². The first kappa shape index (κ1) is 15.9. The van der Waals surface area contributed by atoms with Crippen LogP contribution in [0, 0.1) is 5.41 Å². The van der Waals surface area contributed by atoms with Crippen molar-refractivity contribution < 1.29 is 9.84 Å². The molecule has 0 unspecified atom stereocenters. The summed E-state index contributed by atoms with van der Waals surface area (Å²) < 4.78 is 5.49. The fourth-order valence-corrected chi connectivity index (χ4v) is 2.87. The van der Waals surface area contributed by atoms with Crippen LogP contribution in [-0.2, 0) is 4.74 Å². The lowest BCUT2D eigenvalue weighted by atomic mass is 9.79. The summed E-state index contributed by atoms with van der Waals surface area (Å²) in [5.41, 5.74) is -0.323. The molecular weight excluding hydrogens is 228 g/mol. The van der Waals surface area contributed by atoms with Crippen LogP contribution in [0.15, 0.2) is 0 Å². The van der Waals surface area contributed by atoms with E-state index in [9.17, 15) is 5.11 Å². The number of likely N-dealkylation sites (N-methyl/N-ethyl adjacent to an activating group) is 1. The minimum absolute atomic E-state index is 0.300. The van der Waals surface area contributed by atoms with E-state index in [1.54, 1.807) is 0 Å². The maximum Gasteiger partial charge on any atom is 0.0718 e. The molecule has 0 radical (unpaired) electrons. The van der Waals surface area contributed by atoms with Gasteiger partial charge in [0.1, 0.15) is 0 Å². The van der Waals surface area contributed by atoms with E-state index in [0.717, 1.165) is 52.2 Å². The number of hydrogen-bond acceptors (Lipinski definition) is 4. The molecule has 0 atom stereocenters. The fraction of sp³-hybridized carbons (Fsp3) is 1.00. The van der Waals surface area contributed by atoms with Gasteiger partial charge < -0.3 is 20.1 Å². The van der Waals surface area contributed by atoms with Gasteiger partial charge in [0.25, 0.3) is 0 Å². The second-order valence-electron chi connectivity index (χ2n) is 6.26. The highest BCUT2D eigenvalue weighted by atomic mass is 16.5. The second-order valence-corrected chi connectivity index (χ2v) is 6.26. The maximum absolute atomic E-state index is 9.98. The van der Waals surface area contributed by atoms with Crippen molar-refractivity contribution in [2.75, 3.05) is 46.4 Å². The van der Waals surface area contributed by atoms with Gasteiger partial charge in [-0.1, -0.05) is 6.92 Å². The molecule has 4 nitrogen and oxygen atoms in total. The average molecular weight is 258 g/mol. The van der Waals surface area contributed by atoms with Crippen molar-refractivity contribution in [1.82, 2.24) is 10.2 Å². The van der Waals surface area contributed by atoms with Gasteiger partial charge in [0.05, 0.1) is 5.60 Å². The number of aliphatic hydroxyl groups is 1. The third-order valence-corrected chi connectivity index (χ3v) is 3.72. The van der Waals surface area contributed by atoms with E-state index < -0.39 is 5.60 Å². The Morgan fingerprint density at radius 2 is 1.94 bits per heavy atom. The Morgan fingerprint density at radius 1 is 1.33 bits per heavy atom. The van der Waals surface area contributed by atoms with Crippen LogP contribution in [0.3, 0.4) is 0 Å². The molecule has 2 N–H and O–H groups in total. The second kappa shape index (κ2) is 6.85. The summed E-state index contributed by atoms with van der Waals surface area (Å²) in [7, 11) is 2.02. The fourth-order valence-electron chi connectivity index (χ4n) is 2.87. The summed E-state index contributed by atoms with van der Waals surface area (Å²) in [6.45, 7) is 11.4. The van der Waals surface area contributed by atoms with Crippen molar-refractivity contribution in [3.8, 4) is 0 Å². The molecule has 0 aliphatic carbocycles. The zero-order chi connectivity index (χ0) is 13.6. The molecule has 0 aromatic rings. The molecule has 1 aliphatic rings. The van der Waals surface area contributed by atoms with E-state index >= 15 is 0 Å². The standard InChI is InChI=1S/C14H30N2O2/c1-5-16(11-13(2,3)17)12-14(10-15-4)6-8-18-9-7-14/h15,17H,5-12H2,1-4H3. The minimum Gasteiger partial charge on any atom is -0.389 e. The Kier molecular flexibility index (Phi) is 6.05. The summed E-state index contributed by atoms with van der Waals surface area (Å²) in [6.07, 6.45) is 2.21. The molecule has 0 saturated carbocycles. The lowest BCUT2D eigenvalue weighted by Crippen LogP contribution is -2.49. The molecule has 0 spiro atoms. The zero-order valence-corrected chi connectivity index (χ0v) is 12.5. The molecule has 0 aromatic heterocycles. The van der Waals surface area contributed by atoms with Crippen molar-refractivity contribution in [2.45, 2.75) is 39.2 Å². The summed E-state index contributed by atoms with van der Waals surface area (Å²) in [4.78, 5) is 2.36. The quantitative estimate of drug-likeness (QED) is 0.718. The van der Waals surface area contributed by atoms with Crippen LogP contribution in [0.4, 0.5) is 0 Å². The maximum atomic E-state index is 9.98. The van der Waals surface area contributed by atoms with Crippen LogP contribution in [-0.4, -0.2) is 62.0 Å². The Bertz CT molecular complexity index is 227. The number of hydrogen-bond donors (Lipinski definition) is 2. The Morgan fingerprint density at radius 3 is 2.39 bits per heavy atom. The van der Waals surface area contributed by atoms with E-state index in [1.807, 2.05) is 20.9 Å². The van der Waals surface area contributed by atoms with Gasteiger partial charge in [0.2, 0.25) is 0 Å². The van der Waals surface area contributed by atoms with Crippen LogP contribution in [0.2, 0.25) is 0 Å². The molecule has 1 aliphatic heterocycles. The van der Waals surface area contributed by atoms with E-state index in [0.29, 0.717) is 5.41 Å². The Hall–Kier alpha value is -0.160. The first-order valence-electron chi connectivity index (χ1n) is 7.08. The third kappa shape index (κ3) is 5.22. The molecular formula is C14H30N2O2. The van der Waals surface area contributed by atoms with Crippen LogP contribution in [0.1, 0.15) is 33.6 Å². The van der Waals surface area contributed by atoms with Gasteiger partial charge in [0.15, 0.2) is 0 Å². The normalized spacial score (nSPS) is 20.3. The van der Waals surface area contributed by atoms with Crippen molar-refractivity contribution in [3.63, 3.8) is 0 Å². The van der Waals surface area contributed by atoms with Gasteiger partial charge in [0, 0.05) is 32.8 Å².